The summed E-state index contributed by atoms with van der Waals surface area (Å²) in [6.07, 6.45) is 0. The largest absolute Gasteiger partial charge is 0.369 e. The van der Waals surface area contributed by atoms with Crippen molar-refractivity contribution in [1.82, 2.24) is 9.88 Å². The van der Waals surface area contributed by atoms with Gasteiger partial charge >= 0.3 is 0 Å². The van der Waals surface area contributed by atoms with Crippen molar-refractivity contribution >= 4 is 28.8 Å². The third-order valence-electron chi connectivity index (χ3n) is 3.14. The van der Waals surface area contributed by atoms with Crippen LogP contribution in [0.4, 0.5) is 0 Å². The van der Waals surface area contributed by atoms with E-state index in [1.165, 1.54) is 11.1 Å². The molecule has 2 N–H and O–H groups in total. The summed E-state index contributed by atoms with van der Waals surface area (Å²) < 4.78 is 0. The van der Waals surface area contributed by atoms with Crippen molar-refractivity contribution in [1.29, 1.82) is 0 Å². The number of nitrogens with two attached hydrogens (primary N) is 1. The molecule has 2 rings (SSSR count). The number of rotatable bonds is 6. The van der Waals surface area contributed by atoms with E-state index in [4.69, 9.17) is 17.3 Å². The van der Waals surface area contributed by atoms with Gasteiger partial charge < -0.3 is 5.73 Å². The average molecular weight is 324 g/mol. The number of thiazole rings is 1. The number of benzene rings is 1. The quantitative estimate of drug-likeness (QED) is 0.832. The lowest BCUT2D eigenvalue weighted by molar-refractivity contribution is -0.118. The van der Waals surface area contributed by atoms with Gasteiger partial charge in [0.2, 0.25) is 5.91 Å². The van der Waals surface area contributed by atoms with Crippen molar-refractivity contribution in [2.45, 2.75) is 19.3 Å². The fourth-order valence-corrected chi connectivity index (χ4v) is 3.17. The summed E-state index contributed by atoms with van der Waals surface area (Å²) in [6.45, 7) is 3.01. The summed E-state index contributed by atoms with van der Waals surface area (Å²) in [4.78, 5) is 17.3. The van der Waals surface area contributed by atoms with Gasteiger partial charge in [0.05, 0.1) is 18.1 Å². The summed E-state index contributed by atoms with van der Waals surface area (Å²) in [7, 11) is 1.88. The zero-order valence-electron chi connectivity index (χ0n) is 12.1. The molecule has 0 atom stereocenters. The molecule has 0 saturated heterocycles. The summed E-state index contributed by atoms with van der Waals surface area (Å²) in [6, 6.07) is 6.24. The van der Waals surface area contributed by atoms with E-state index in [9.17, 15) is 4.79 Å². The molecule has 21 heavy (non-hydrogen) atoms. The highest BCUT2D eigenvalue weighted by Gasteiger charge is 2.09. The number of primary amides is 1. The van der Waals surface area contributed by atoms with E-state index in [1.54, 1.807) is 11.3 Å². The fraction of sp³-hybridized carbons (Fsp3) is 0.333. The van der Waals surface area contributed by atoms with Crippen LogP contribution in [0.3, 0.4) is 0 Å². The lowest BCUT2D eigenvalue weighted by atomic mass is 10.0. The predicted molar refractivity (Wildman–Crippen MR) is 87.4 cm³/mol. The highest BCUT2D eigenvalue weighted by atomic mass is 35.5. The third-order valence-corrected chi connectivity index (χ3v) is 4.36. The Kier molecular flexibility index (Phi) is 5.33. The number of carbonyl (C=O) groups is 1. The first kappa shape index (κ1) is 15.9. The summed E-state index contributed by atoms with van der Waals surface area (Å²) >= 11 is 7.38. The molecule has 1 aromatic carbocycles. The summed E-state index contributed by atoms with van der Waals surface area (Å²) in [5.74, 6) is 0.119. The molecular weight excluding hydrogens is 306 g/mol. The molecule has 6 heteroatoms. The van der Waals surface area contributed by atoms with E-state index in [0.717, 1.165) is 16.3 Å². The van der Waals surface area contributed by atoms with Crippen LogP contribution in [0.1, 0.15) is 16.8 Å². The molecule has 0 radical (unpaired) electrons. The first-order chi connectivity index (χ1) is 9.99. The Morgan fingerprint density at radius 2 is 2.24 bits per heavy atom. The molecule has 0 fully saturated rings. The second-order valence-corrected chi connectivity index (χ2v) is 6.18. The Balaban J connectivity index is 2.15. The summed E-state index contributed by atoms with van der Waals surface area (Å²) in [5.41, 5.74) is 9.55. The molecule has 0 aliphatic carbocycles. The van der Waals surface area contributed by atoms with Crippen LogP contribution < -0.4 is 5.73 Å². The highest BCUT2D eigenvalue weighted by Crippen LogP contribution is 2.26. The van der Waals surface area contributed by atoms with Crippen LogP contribution >= 0.6 is 22.9 Å². The average Bonchev–Trinajstić information content (AvgIpc) is 2.89. The Morgan fingerprint density at radius 1 is 1.48 bits per heavy atom. The summed E-state index contributed by atoms with van der Waals surface area (Å²) in [5, 5.41) is 2.96. The smallest absolute Gasteiger partial charge is 0.231 e. The van der Waals surface area contributed by atoms with Crippen LogP contribution in [0.5, 0.6) is 0 Å². The van der Waals surface area contributed by atoms with Gasteiger partial charge in [0.15, 0.2) is 0 Å². The monoisotopic (exact) mass is 323 g/mol. The van der Waals surface area contributed by atoms with Gasteiger partial charge in [-0.15, -0.1) is 22.9 Å². The SMILES string of the molecule is Cc1cc(-c2nc(CCl)cs2)ccc1CN(C)CC(N)=O. The number of aromatic nitrogens is 1. The van der Waals surface area contributed by atoms with Gasteiger partial charge in [-0.1, -0.05) is 12.1 Å². The van der Waals surface area contributed by atoms with Gasteiger partial charge in [0.25, 0.3) is 0 Å². The van der Waals surface area contributed by atoms with E-state index in [0.29, 0.717) is 12.4 Å². The first-order valence-electron chi connectivity index (χ1n) is 6.56. The van der Waals surface area contributed by atoms with E-state index < -0.39 is 0 Å². The third kappa shape index (κ3) is 4.27. The lowest BCUT2D eigenvalue weighted by Gasteiger charge is -2.16. The Hall–Kier alpha value is -1.43. The molecule has 0 unspecified atom stereocenters. The van der Waals surface area contributed by atoms with Gasteiger partial charge in [-0.3, -0.25) is 9.69 Å². The van der Waals surface area contributed by atoms with Crippen LogP contribution in [0.2, 0.25) is 0 Å². The standard InChI is InChI=1S/C15H18ClN3OS/c1-10-5-11(15-18-13(6-16)9-21-15)3-4-12(10)7-19(2)8-14(17)20/h3-5,9H,6-8H2,1-2H3,(H2,17,20). The Bertz CT molecular complexity index is 642. The topological polar surface area (TPSA) is 59.2 Å². The van der Waals surface area contributed by atoms with E-state index >= 15 is 0 Å². The van der Waals surface area contributed by atoms with Crippen LogP contribution in [-0.2, 0) is 17.2 Å². The highest BCUT2D eigenvalue weighted by molar-refractivity contribution is 7.13. The molecule has 0 spiro atoms. The molecule has 0 aliphatic rings. The van der Waals surface area contributed by atoms with Crippen molar-refractivity contribution in [3.63, 3.8) is 0 Å². The number of alkyl halides is 1. The predicted octanol–water partition coefficient (Wildman–Crippen LogP) is 2.77. The van der Waals surface area contributed by atoms with Gasteiger partial charge in [-0.05, 0) is 31.2 Å². The number of hydrogen-bond acceptors (Lipinski definition) is 4. The van der Waals surface area contributed by atoms with Crippen molar-refractivity contribution in [2.24, 2.45) is 5.73 Å². The number of aryl methyl sites for hydroxylation is 1. The van der Waals surface area contributed by atoms with Crippen LogP contribution in [0.25, 0.3) is 10.6 Å². The minimum absolute atomic E-state index is 0.257. The Labute approximate surface area is 133 Å². The van der Waals surface area contributed by atoms with Gasteiger partial charge in [-0.25, -0.2) is 4.98 Å². The normalized spacial score (nSPS) is 11.0. The van der Waals surface area contributed by atoms with Gasteiger partial charge in [0.1, 0.15) is 5.01 Å². The van der Waals surface area contributed by atoms with E-state index in [-0.39, 0.29) is 12.5 Å². The second kappa shape index (κ2) is 7.02. The molecule has 112 valence electrons. The molecule has 0 saturated carbocycles. The van der Waals surface area contributed by atoms with Crippen molar-refractivity contribution in [3.05, 3.63) is 40.4 Å². The number of nitrogens with zero attached hydrogens (tertiary/aromatic N) is 2. The molecule has 2 aromatic rings. The molecule has 0 aliphatic heterocycles. The first-order valence-corrected chi connectivity index (χ1v) is 7.98. The van der Waals surface area contributed by atoms with Crippen molar-refractivity contribution in [2.75, 3.05) is 13.6 Å². The minimum atomic E-state index is -0.317. The second-order valence-electron chi connectivity index (χ2n) is 5.06. The number of amides is 1. The molecular formula is C15H18ClN3OS. The van der Waals surface area contributed by atoms with Crippen LogP contribution in [0.15, 0.2) is 23.6 Å². The number of likely N-dealkylation sites (N-methyl/N-ethyl adjacent to an activating group) is 1. The maximum Gasteiger partial charge on any atom is 0.231 e. The molecule has 1 heterocycles. The van der Waals surface area contributed by atoms with Crippen molar-refractivity contribution < 1.29 is 4.79 Å². The lowest BCUT2D eigenvalue weighted by Crippen LogP contribution is -2.30. The fourth-order valence-electron chi connectivity index (χ4n) is 2.12. The molecule has 4 nitrogen and oxygen atoms in total. The maximum atomic E-state index is 10.9. The molecule has 1 amide bonds. The maximum absolute atomic E-state index is 10.9. The van der Waals surface area contributed by atoms with Crippen molar-refractivity contribution in [3.8, 4) is 10.6 Å². The Morgan fingerprint density at radius 3 is 2.81 bits per heavy atom. The van der Waals surface area contributed by atoms with E-state index in [1.807, 2.05) is 17.3 Å². The molecule has 0 bridgehead atoms. The van der Waals surface area contributed by atoms with Gasteiger partial charge in [0, 0.05) is 17.5 Å². The van der Waals surface area contributed by atoms with Gasteiger partial charge in [-0.2, -0.15) is 0 Å². The van der Waals surface area contributed by atoms with Crippen LogP contribution in [0, 0.1) is 6.92 Å². The molecule has 1 aromatic heterocycles. The van der Waals surface area contributed by atoms with E-state index in [2.05, 4.69) is 30.1 Å². The zero-order chi connectivity index (χ0) is 15.4. The zero-order valence-corrected chi connectivity index (χ0v) is 13.7. The number of hydrogen-bond donors (Lipinski definition) is 1. The number of carbonyl (C=O) groups excluding carboxylic acids is 1. The van der Waals surface area contributed by atoms with Crippen LogP contribution in [-0.4, -0.2) is 29.4 Å². The number of halogens is 1. The minimum Gasteiger partial charge on any atom is -0.369 e.